The van der Waals surface area contributed by atoms with Crippen LogP contribution in [0.15, 0.2) is 54.9 Å². The molecule has 0 bridgehead atoms. The van der Waals surface area contributed by atoms with E-state index in [-0.39, 0.29) is 5.91 Å². The quantitative estimate of drug-likeness (QED) is 0.528. The number of aromatic nitrogens is 3. The van der Waals surface area contributed by atoms with Crippen LogP contribution in [0.25, 0.3) is 11.4 Å². The van der Waals surface area contributed by atoms with Gasteiger partial charge < -0.3 is 14.8 Å². The third kappa shape index (κ3) is 5.92. The van der Waals surface area contributed by atoms with Gasteiger partial charge in [0.1, 0.15) is 12.4 Å². The lowest BCUT2D eigenvalue weighted by atomic mass is 10.1. The monoisotopic (exact) mass is 380 g/mol. The summed E-state index contributed by atoms with van der Waals surface area (Å²) in [6.07, 6.45) is 4.53. The number of carbonyl (C=O) groups excluding carboxylic acids is 1. The normalized spacial score (nSPS) is 10.6. The van der Waals surface area contributed by atoms with Crippen molar-refractivity contribution >= 4 is 5.91 Å². The molecule has 2 N–H and O–H groups in total. The minimum Gasteiger partial charge on any atom is -0.487 e. The van der Waals surface area contributed by atoms with Gasteiger partial charge in [0.2, 0.25) is 5.91 Å². The van der Waals surface area contributed by atoms with Crippen LogP contribution in [-0.4, -0.2) is 41.3 Å². The number of methoxy groups -OCH3 is 1. The van der Waals surface area contributed by atoms with Crippen LogP contribution in [0.2, 0.25) is 0 Å². The van der Waals surface area contributed by atoms with Crippen LogP contribution < -0.4 is 10.1 Å². The van der Waals surface area contributed by atoms with E-state index in [1.54, 1.807) is 19.5 Å². The van der Waals surface area contributed by atoms with E-state index in [0.717, 1.165) is 22.5 Å². The maximum atomic E-state index is 11.8. The fourth-order valence-electron chi connectivity index (χ4n) is 2.70. The smallest absolute Gasteiger partial charge is 0.220 e. The van der Waals surface area contributed by atoms with E-state index >= 15 is 0 Å². The lowest BCUT2D eigenvalue weighted by Crippen LogP contribution is -2.27. The summed E-state index contributed by atoms with van der Waals surface area (Å²) in [4.78, 5) is 16.2. The zero-order valence-electron chi connectivity index (χ0n) is 15.9. The molecule has 1 amide bonds. The molecule has 0 atom stereocenters. The van der Waals surface area contributed by atoms with E-state index in [2.05, 4.69) is 26.6 Å². The number of benzene rings is 1. The van der Waals surface area contributed by atoms with Crippen molar-refractivity contribution in [3.63, 3.8) is 0 Å². The molecule has 28 heavy (non-hydrogen) atoms. The van der Waals surface area contributed by atoms with Crippen LogP contribution in [0.1, 0.15) is 17.5 Å². The average molecular weight is 380 g/mol. The summed E-state index contributed by atoms with van der Waals surface area (Å²) in [6.45, 7) is 1.51. The van der Waals surface area contributed by atoms with Crippen LogP contribution in [0.3, 0.4) is 0 Å². The summed E-state index contributed by atoms with van der Waals surface area (Å²) in [5, 5.41) is 9.63. The molecule has 0 aliphatic rings. The second kappa shape index (κ2) is 10.2. The highest BCUT2D eigenvalue weighted by molar-refractivity contribution is 5.76. The molecule has 146 valence electrons. The van der Waals surface area contributed by atoms with Gasteiger partial charge in [-0.15, -0.1) is 0 Å². The molecule has 0 spiro atoms. The van der Waals surface area contributed by atoms with Crippen LogP contribution in [-0.2, 0) is 22.6 Å². The molecule has 7 heteroatoms. The highest BCUT2D eigenvalue weighted by Gasteiger charge is 2.04. The van der Waals surface area contributed by atoms with Gasteiger partial charge in [-0.3, -0.25) is 14.9 Å². The topological polar surface area (TPSA) is 89.1 Å². The average Bonchev–Trinajstić information content (AvgIpc) is 3.27. The second-order valence-electron chi connectivity index (χ2n) is 6.30. The second-order valence-corrected chi connectivity index (χ2v) is 6.30. The van der Waals surface area contributed by atoms with Gasteiger partial charge in [0.25, 0.3) is 0 Å². The predicted molar refractivity (Wildman–Crippen MR) is 106 cm³/mol. The number of aromatic amines is 1. The molecule has 0 saturated heterocycles. The Hall–Kier alpha value is -3.19. The largest absolute Gasteiger partial charge is 0.487 e. The minimum absolute atomic E-state index is 0.0298. The summed E-state index contributed by atoms with van der Waals surface area (Å²) in [7, 11) is 1.61. The highest BCUT2D eigenvalue weighted by atomic mass is 16.5. The lowest BCUT2D eigenvalue weighted by molar-refractivity contribution is -0.121. The van der Waals surface area contributed by atoms with Crippen molar-refractivity contribution in [2.45, 2.75) is 19.4 Å². The molecular weight excluding hydrogens is 356 g/mol. The van der Waals surface area contributed by atoms with Crippen LogP contribution in [0.5, 0.6) is 5.75 Å². The van der Waals surface area contributed by atoms with Crippen molar-refractivity contribution in [2.75, 3.05) is 20.3 Å². The van der Waals surface area contributed by atoms with E-state index in [1.807, 2.05) is 36.4 Å². The molecule has 0 radical (unpaired) electrons. The Balaban J connectivity index is 1.48. The zero-order chi connectivity index (χ0) is 19.6. The Kier molecular flexibility index (Phi) is 7.14. The van der Waals surface area contributed by atoms with E-state index in [9.17, 15) is 4.79 Å². The molecule has 7 nitrogen and oxygen atoms in total. The maximum absolute atomic E-state index is 11.8. The first-order valence-corrected chi connectivity index (χ1v) is 9.16. The van der Waals surface area contributed by atoms with Crippen molar-refractivity contribution in [3.05, 3.63) is 66.0 Å². The van der Waals surface area contributed by atoms with Gasteiger partial charge in [0.15, 0.2) is 0 Å². The fourth-order valence-corrected chi connectivity index (χ4v) is 2.70. The van der Waals surface area contributed by atoms with Gasteiger partial charge in [-0.1, -0.05) is 24.3 Å². The van der Waals surface area contributed by atoms with Crippen molar-refractivity contribution < 1.29 is 14.3 Å². The van der Waals surface area contributed by atoms with Crippen molar-refractivity contribution in [3.8, 4) is 17.1 Å². The number of nitrogens with zero attached hydrogens (tertiary/aromatic N) is 2. The van der Waals surface area contributed by atoms with E-state index in [0.29, 0.717) is 38.3 Å². The Labute approximate surface area is 164 Å². The summed E-state index contributed by atoms with van der Waals surface area (Å²) < 4.78 is 10.8. The molecular formula is C21H24N4O3. The maximum Gasteiger partial charge on any atom is 0.220 e. The van der Waals surface area contributed by atoms with Crippen molar-refractivity contribution in [2.24, 2.45) is 0 Å². The molecule has 0 fully saturated rings. The van der Waals surface area contributed by atoms with Gasteiger partial charge in [-0.25, -0.2) is 0 Å². The first kappa shape index (κ1) is 19.6. The summed E-state index contributed by atoms with van der Waals surface area (Å²) in [5.74, 6) is 0.730. The lowest BCUT2D eigenvalue weighted by Gasteiger charge is -2.09. The van der Waals surface area contributed by atoms with Gasteiger partial charge in [-0.05, 0) is 35.7 Å². The predicted octanol–water partition coefficient (Wildman–Crippen LogP) is 2.75. The molecule has 0 aliphatic carbocycles. The number of ether oxygens (including phenoxy) is 2. The number of pyridine rings is 1. The Bertz CT molecular complexity index is 864. The number of amides is 1. The first-order valence-electron chi connectivity index (χ1n) is 9.16. The molecule has 0 aliphatic heterocycles. The number of nitrogens with one attached hydrogen (secondary N) is 2. The van der Waals surface area contributed by atoms with Crippen LogP contribution in [0.4, 0.5) is 0 Å². The number of H-pyrrole nitrogens is 1. The molecule has 3 rings (SSSR count). The van der Waals surface area contributed by atoms with Gasteiger partial charge in [-0.2, -0.15) is 5.10 Å². The van der Waals surface area contributed by atoms with Gasteiger partial charge >= 0.3 is 0 Å². The number of hydrogen-bond acceptors (Lipinski definition) is 5. The van der Waals surface area contributed by atoms with Gasteiger partial charge in [0, 0.05) is 26.3 Å². The molecule has 2 heterocycles. The highest BCUT2D eigenvalue weighted by Crippen LogP contribution is 2.18. The van der Waals surface area contributed by atoms with Gasteiger partial charge in [0.05, 0.1) is 24.2 Å². The molecule has 2 aromatic heterocycles. The third-order valence-electron chi connectivity index (χ3n) is 4.18. The van der Waals surface area contributed by atoms with E-state index in [4.69, 9.17) is 9.47 Å². The van der Waals surface area contributed by atoms with Crippen LogP contribution in [0, 0.1) is 0 Å². The van der Waals surface area contributed by atoms with Crippen molar-refractivity contribution in [1.82, 2.24) is 20.5 Å². The Morgan fingerprint density at radius 1 is 1.18 bits per heavy atom. The number of rotatable bonds is 10. The first-order chi connectivity index (χ1) is 13.7. The van der Waals surface area contributed by atoms with Crippen LogP contribution >= 0.6 is 0 Å². The number of hydrogen-bond donors (Lipinski definition) is 2. The molecule has 0 saturated carbocycles. The summed E-state index contributed by atoms with van der Waals surface area (Å²) in [6, 6.07) is 13.7. The summed E-state index contributed by atoms with van der Waals surface area (Å²) >= 11 is 0. The Morgan fingerprint density at radius 2 is 2.07 bits per heavy atom. The molecule has 0 unspecified atom stereocenters. The fraction of sp³-hybridized carbons (Fsp3) is 0.286. The molecule has 3 aromatic rings. The third-order valence-corrected chi connectivity index (χ3v) is 4.18. The standard InChI is InChI=1S/C21H24N4O3/c1-27-12-11-22-21(26)8-5-16-3-2-4-17(13-16)15-28-18-6-7-19(23-14-18)20-9-10-24-25-20/h2-4,6-7,9-10,13-14H,5,8,11-12,15H2,1H3,(H,22,26)(H,24,25). The summed E-state index contributed by atoms with van der Waals surface area (Å²) in [5.41, 5.74) is 3.84. The zero-order valence-corrected chi connectivity index (χ0v) is 15.9. The SMILES string of the molecule is COCCNC(=O)CCc1cccc(COc2ccc(-c3ccn[nH]3)nc2)c1. The van der Waals surface area contributed by atoms with E-state index < -0.39 is 0 Å². The number of aryl methyl sites for hydroxylation is 1. The minimum atomic E-state index is 0.0298. The van der Waals surface area contributed by atoms with Crippen molar-refractivity contribution in [1.29, 1.82) is 0 Å². The van der Waals surface area contributed by atoms with E-state index in [1.165, 1.54) is 0 Å². The molecule has 1 aromatic carbocycles. The number of carbonyl (C=O) groups is 1. The Morgan fingerprint density at radius 3 is 2.82 bits per heavy atom.